The van der Waals surface area contributed by atoms with Crippen LogP contribution in [0, 0.1) is 5.92 Å². The van der Waals surface area contributed by atoms with Crippen molar-refractivity contribution in [2.45, 2.75) is 64.2 Å². The number of hydrogen-bond acceptors (Lipinski definition) is 3. The first kappa shape index (κ1) is 29.8. The normalized spacial score (nSPS) is 14.2. The highest BCUT2D eigenvalue weighted by molar-refractivity contribution is 5.89. The number of carboxylic acid groups (broad SMARTS) is 2. The zero-order valence-corrected chi connectivity index (χ0v) is 22.0. The zero-order valence-electron chi connectivity index (χ0n) is 22.0. The number of piperidine rings is 1. The van der Waals surface area contributed by atoms with Gasteiger partial charge in [-0.3, -0.25) is 4.99 Å². The monoisotopic (exact) mass is 506 g/mol. The van der Waals surface area contributed by atoms with Crippen molar-refractivity contribution in [3.8, 4) is 0 Å². The fourth-order valence-corrected chi connectivity index (χ4v) is 4.72. The van der Waals surface area contributed by atoms with Crippen LogP contribution in [-0.2, 0) is 9.59 Å². The Kier molecular flexibility index (Phi) is 14.4. The topological polar surface area (TPSA) is 90.2 Å². The van der Waals surface area contributed by atoms with Crippen LogP contribution in [-0.4, -0.2) is 53.0 Å². The van der Waals surface area contributed by atoms with E-state index >= 15 is 0 Å². The van der Waals surface area contributed by atoms with Crippen LogP contribution in [0.2, 0.25) is 0 Å². The molecular formula is C31H42N2O4. The molecule has 1 heterocycles. The first-order valence-corrected chi connectivity index (χ1v) is 13.5. The Balaban J connectivity index is 0.000000521. The van der Waals surface area contributed by atoms with Crippen molar-refractivity contribution in [1.29, 1.82) is 0 Å². The van der Waals surface area contributed by atoms with Crippen LogP contribution in [0.15, 0.2) is 77.8 Å². The van der Waals surface area contributed by atoms with Gasteiger partial charge in [0.25, 0.3) is 0 Å². The number of unbranched alkanes of at least 4 members (excludes halogenated alkanes) is 5. The van der Waals surface area contributed by atoms with Crippen molar-refractivity contribution in [3.63, 3.8) is 0 Å². The minimum Gasteiger partial charge on any atom is -0.478 e. The Labute approximate surface area is 221 Å². The molecule has 2 aromatic rings. The van der Waals surface area contributed by atoms with Crippen molar-refractivity contribution in [3.05, 3.63) is 83.9 Å². The molecule has 2 N–H and O–H groups in total. The average Bonchev–Trinajstić information content (AvgIpc) is 2.92. The first-order valence-electron chi connectivity index (χ1n) is 13.5. The Hall–Kier alpha value is -3.41. The summed E-state index contributed by atoms with van der Waals surface area (Å²) in [6, 6.07) is 22.1. The second kappa shape index (κ2) is 17.9. The number of likely N-dealkylation sites (tertiary alicyclic amines) is 1. The van der Waals surface area contributed by atoms with Crippen LogP contribution in [0.3, 0.4) is 0 Å². The maximum atomic E-state index is 9.55. The Bertz CT molecular complexity index is 896. The molecular weight excluding hydrogens is 464 g/mol. The number of aliphatic imine (C=N–C) groups is 1. The van der Waals surface area contributed by atoms with E-state index in [-0.39, 0.29) is 0 Å². The van der Waals surface area contributed by atoms with Crippen molar-refractivity contribution < 1.29 is 19.8 Å². The van der Waals surface area contributed by atoms with E-state index in [9.17, 15) is 9.59 Å². The van der Waals surface area contributed by atoms with Gasteiger partial charge in [0.15, 0.2) is 0 Å². The fourth-order valence-electron chi connectivity index (χ4n) is 4.72. The van der Waals surface area contributed by atoms with Gasteiger partial charge in [0.2, 0.25) is 0 Å². The largest absolute Gasteiger partial charge is 0.478 e. The van der Waals surface area contributed by atoms with Gasteiger partial charge in [-0.15, -0.1) is 0 Å². The molecule has 0 bridgehead atoms. The highest BCUT2D eigenvalue weighted by Crippen LogP contribution is 2.37. The molecule has 6 nitrogen and oxygen atoms in total. The van der Waals surface area contributed by atoms with Crippen molar-refractivity contribution in [2.75, 3.05) is 19.6 Å². The van der Waals surface area contributed by atoms with E-state index in [2.05, 4.69) is 78.8 Å². The maximum Gasteiger partial charge on any atom is 0.328 e. The molecule has 1 aliphatic rings. The summed E-state index contributed by atoms with van der Waals surface area (Å²) in [6.45, 7) is 5.51. The molecule has 1 aliphatic heterocycles. The molecule has 0 aliphatic carbocycles. The van der Waals surface area contributed by atoms with Gasteiger partial charge < -0.3 is 15.1 Å². The third kappa shape index (κ3) is 12.4. The van der Waals surface area contributed by atoms with Gasteiger partial charge in [-0.25, -0.2) is 9.59 Å². The lowest BCUT2D eigenvalue weighted by Crippen LogP contribution is -2.35. The molecule has 37 heavy (non-hydrogen) atoms. The van der Waals surface area contributed by atoms with Gasteiger partial charge in [0.05, 0.1) is 6.34 Å². The van der Waals surface area contributed by atoms with Crippen LogP contribution in [0.5, 0.6) is 0 Å². The van der Waals surface area contributed by atoms with Gasteiger partial charge in [-0.05, 0) is 36.3 Å². The predicted octanol–water partition coefficient (Wildman–Crippen LogP) is 6.63. The Morgan fingerprint density at radius 2 is 1.32 bits per heavy atom. The molecule has 3 rings (SSSR count). The predicted molar refractivity (Wildman–Crippen MR) is 150 cm³/mol. The molecule has 0 atom stereocenters. The van der Waals surface area contributed by atoms with Crippen LogP contribution < -0.4 is 0 Å². The number of aliphatic carboxylic acids is 2. The van der Waals surface area contributed by atoms with Crippen molar-refractivity contribution >= 4 is 18.3 Å². The Morgan fingerprint density at radius 3 is 1.81 bits per heavy atom. The highest BCUT2D eigenvalue weighted by atomic mass is 16.4. The number of rotatable bonds is 13. The summed E-state index contributed by atoms with van der Waals surface area (Å²) in [7, 11) is 0. The molecule has 0 spiro atoms. The summed E-state index contributed by atoms with van der Waals surface area (Å²) in [6.07, 6.45) is 13.7. The minimum absolute atomic E-state index is 0.500. The zero-order chi connectivity index (χ0) is 26.7. The second-order valence-electron chi connectivity index (χ2n) is 9.47. The lowest BCUT2D eigenvalue weighted by molar-refractivity contribution is -0.134. The fraction of sp³-hybridized carbons (Fsp3) is 0.452. The molecule has 0 unspecified atom stereocenters. The van der Waals surface area contributed by atoms with E-state index in [1.165, 1.54) is 62.5 Å². The number of carboxylic acids is 2. The summed E-state index contributed by atoms with van der Waals surface area (Å²) in [4.78, 5) is 26.2. The quantitative estimate of drug-likeness (QED) is 0.138. The molecule has 1 saturated heterocycles. The lowest BCUT2D eigenvalue weighted by atomic mass is 9.76. The first-order chi connectivity index (χ1) is 18.0. The standard InChI is InChI=1S/C27H38N2.C4H4O4/c1-2-3-4-5-6-13-20-28-23-29-21-18-26(19-22-29)27(24-14-9-7-10-15-24)25-16-11-8-12-17-25;5-3(6)1-2-4(7)8/h7-12,14-17,23,26-27H,2-6,13,18-22H2,1H3;1-2H,(H,5,6)(H,7,8)/b;2-1+. The number of nitrogens with zero attached hydrogens (tertiary/aromatic N) is 2. The van der Waals surface area contributed by atoms with E-state index < -0.39 is 11.9 Å². The second-order valence-corrected chi connectivity index (χ2v) is 9.47. The van der Waals surface area contributed by atoms with Crippen LogP contribution in [0.25, 0.3) is 0 Å². The highest BCUT2D eigenvalue weighted by Gasteiger charge is 2.28. The molecule has 1 fully saturated rings. The summed E-state index contributed by atoms with van der Waals surface area (Å²) in [5.74, 6) is -1.32. The summed E-state index contributed by atoms with van der Waals surface area (Å²) < 4.78 is 0. The van der Waals surface area contributed by atoms with Gasteiger partial charge in [-0.2, -0.15) is 0 Å². The third-order valence-electron chi connectivity index (χ3n) is 6.62. The van der Waals surface area contributed by atoms with Crippen molar-refractivity contribution in [2.24, 2.45) is 10.9 Å². The summed E-state index contributed by atoms with van der Waals surface area (Å²) in [5, 5.41) is 15.6. The van der Waals surface area contributed by atoms with Crippen LogP contribution in [0.1, 0.15) is 75.3 Å². The molecule has 2 aromatic carbocycles. The molecule has 6 heteroatoms. The van der Waals surface area contributed by atoms with Crippen LogP contribution >= 0.6 is 0 Å². The van der Waals surface area contributed by atoms with E-state index in [0.29, 0.717) is 24.0 Å². The number of benzene rings is 2. The molecule has 0 aromatic heterocycles. The number of carbonyl (C=O) groups is 2. The van der Waals surface area contributed by atoms with E-state index in [1.54, 1.807) is 0 Å². The summed E-state index contributed by atoms with van der Waals surface area (Å²) >= 11 is 0. The molecule has 0 radical (unpaired) electrons. The van der Waals surface area contributed by atoms with E-state index in [1.807, 2.05) is 0 Å². The number of hydrogen-bond donors (Lipinski definition) is 2. The minimum atomic E-state index is -1.26. The van der Waals surface area contributed by atoms with Crippen LogP contribution in [0.4, 0.5) is 0 Å². The molecule has 0 saturated carbocycles. The maximum absolute atomic E-state index is 9.55. The lowest BCUT2D eigenvalue weighted by Gasteiger charge is -2.36. The van der Waals surface area contributed by atoms with Gasteiger partial charge >= 0.3 is 11.9 Å². The van der Waals surface area contributed by atoms with E-state index in [0.717, 1.165) is 19.6 Å². The summed E-state index contributed by atoms with van der Waals surface area (Å²) in [5.41, 5.74) is 2.91. The van der Waals surface area contributed by atoms with Gasteiger partial charge in [0, 0.05) is 37.7 Å². The van der Waals surface area contributed by atoms with Gasteiger partial charge in [0.1, 0.15) is 0 Å². The Morgan fingerprint density at radius 1 is 0.838 bits per heavy atom. The third-order valence-corrected chi connectivity index (χ3v) is 6.62. The molecule has 200 valence electrons. The van der Waals surface area contributed by atoms with E-state index in [4.69, 9.17) is 15.2 Å². The van der Waals surface area contributed by atoms with Gasteiger partial charge in [-0.1, -0.05) is 99.7 Å². The smallest absolute Gasteiger partial charge is 0.328 e. The molecule has 0 amide bonds. The van der Waals surface area contributed by atoms with Crippen molar-refractivity contribution in [1.82, 2.24) is 4.90 Å². The SMILES string of the molecule is CCCCCCCCN=CN1CCC(C(c2ccccc2)c2ccccc2)CC1.O=C(O)/C=C/C(=O)O. The average molecular weight is 507 g/mol.